The predicted octanol–water partition coefficient (Wildman–Crippen LogP) is 3.64. The molecule has 0 bridgehead atoms. The summed E-state index contributed by atoms with van der Waals surface area (Å²) in [4.78, 5) is 0. The summed E-state index contributed by atoms with van der Waals surface area (Å²) in [5, 5.41) is 0. The topological polar surface area (TPSA) is 0 Å². The Kier molecular flexibility index (Phi) is 3.69. The molecule has 1 rings (SSSR count). The SMILES string of the molecule is C=CCCCc1cc(C)ccc1F. The van der Waals surface area contributed by atoms with E-state index in [4.69, 9.17) is 0 Å². The number of halogens is 1. The van der Waals surface area contributed by atoms with Crippen LogP contribution in [-0.4, -0.2) is 0 Å². The minimum Gasteiger partial charge on any atom is -0.207 e. The van der Waals surface area contributed by atoms with Gasteiger partial charge < -0.3 is 0 Å². The Labute approximate surface area is 79.1 Å². The van der Waals surface area contributed by atoms with E-state index in [2.05, 4.69) is 6.58 Å². The lowest BCUT2D eigenvalue weighted by Gasteiger charge is -2.02. The van der Waals surface area contributed by atoms with E-state index in [0.29, 0.717) is 0 Å². The first-order valence-corrected chi connectivity index (χ1v) is 4.60. The van der Waals surface area contributed by atoms with Crippen molar-refractivity contribution in [1.82, 2.24) is 0 Å². The zero-order valence-corrected chi connectivity index (χ0v) is 8.02. The fourth-order valence-electron chi connectivity index (χ4n) is 1.33. The standard InChI is InChI=1S/C12H15F/c1-3-4-5-6-11-9-10(2)7-8-12(11)13/h3,7-9H,1,4-6H2,2H3. The van der Waals surface area contributed by atoms with E-state index in [-0.39, 0.29) is 5.82 Å². The molecule has 1 heteroatoms. The third-order valence-electron chi connectivity index (χ3n) is 2.06. The van der Waals surface area contributed by atoms with Crippen LogP contribution < -0.4 is 0 Å². The maximum atomic E-state index is 13.2. The molecule has 0 heterocycles. The lowest BCUT2D eigenvalue weighted by atomic mass is 10.1. The second kappa shape index (κ2) is 4.80. The Bertz CT molecular complexity index is 289. The van der Waals surface area contributed by atoms with Crippen LogP contribution in [-0.2, 0) is 6.42 Å². The van der Waals surface area contributed by atoms with E-state index < -0.39 is 0 Å². The number of benzene rings is 1. The highest BCUT2D eigenvalue weighted by Crippen LogP contribution is 2.12. The largest absolute Gasteiger partial charge is 0.207 e. The van der Waals surface area contributed by atoms with Gasteiger partial charge in [-0.15, -0.1) is 6.58 Å². The van der Waals surface area contributed by atoms with Crippen molar-refractivity contribution >= 4 is 0 Å². The van der Waals surface area contributed by atoms with Crippen molar-refractivity contribution in [1.29, 1.82) is 0 Å². The molecule has 0 amide bonds. The number of hydrogen-bond acceptors (Lipinski definition) is 0. The Morgan fingerprint density at radius 3 is 2.92 bits per heavy atom. The van der Waals surface area contributed by atoms with Crippen molar-refractivity contribution in [2.75, 3.05) is 0 Å². The normalized spacial score (nSPS) is 10.0. The maximum Gasteiger partial charge on any atom is 0.126 e. The fourth-order valence-corrected chi connectivity index (χ4v) is 1.33. The summed E-state index contributed by atoms with van der Waals surface area (Å²) in [6, 6.07) is 5.25. The molecule has 1 aromatic carbocycles. The lowest BCUT2D eigenvalue weighted by molar-refractivity contribution is 0.604. The minimum absolute atomic E-state index is 0.0883. The molecule has 0 fully saturated rings. The maximum absolute atomic E-state index is 13.2. The molecule has 0 N–H and O–H groups in total. The quantitative estimate of drug-likeness (QED) is 0.487. The van der Waals surface area contributed by atoms with Crippen LogP contribution in [0.3, 0.4) is 0 Å². The van der Waals surface area contributed by atoms with Crippen LogP contribution in [0.15, 0.2) is 30.9 Å². The van der Waals surface area contributed by atoms with Gasteiger partial charge in [0.2, 0.25) is 0 Å². The summed E-state index contributed by atoms with van der Waals surface area (Å²) in [7, 11) is 0. The Morgan fingerprint density at radius 1 is 1.46 bits per heavy atom. The molecule has 0 aliphatic carbocycles. The Balaban J connectivity index is 2.64. The van der Waals surface area contributed by atoms with Gasteiger partial charge in [-0.1, -0.05) is 23.8 Å². The van der Waals surface area contributed by atoms with Gasteiger partial charge in [0.15, 0.2) is 0 Å². The Hall–Kier alpha value is -1.11. The van der Waals surface area contributed by atoms with Gasteiger partial charge in [-0.25, -0.2) is 4.39 Å². The summed E-state index contributed by atoms with van der Waals surface area (Å²) < 4.78 is 13.2. The summed E-state index contributed by atoms with van der Waals surface area (Å²) in [5.41, 5.74) is 1.94. The molecular weight excluding hydrogens is 163 g/mol. The molecule has 0 saturated heterocycles. The van der Waals surface area contributed by atoms with Gasteiger partial charge in [0.05, 0.1) is 0 Å². The van der Waals surface area contributed by atoms with Crippen molar-refractivity contribution < 1.29 is 4.39 Å². The lowest BCUT2D eigenvalue weighted by Crippen LogP contribution is -1.91. The monoisotopic (exact) mass is 178 g/mol. The van der Waals surface area contributed by atoms with E-state index in [0.717, 1.165) is 30.4 Å². The molecule has 0 saturated carbocycles. The second-order valence-electron chi connectivity index (χ2n) is 3.28. The highest BCUT2D eigenvalue weighted by molar-refractivity contribution is 5.24. The molecule has 0 unspecified atom stereocenters. The molecule has 0 atom stereocenters. The number of allylic oxidation sites excluding steroid dienone is 1. The van der Waals surface area contributed by atoms with Gasteiger partial charge in [-0.2, -0.15) is 0 Å². The zero-order chi connectivity index (χ0) is 9.68. The van der Waals surface area contributed by atoms with E-state index in [1.807, 2.05) is 19.1 Å². The van der Waals surface area contributed by atoms with E-state index in [1.54, 1.807) is 12.1 Å². The van der Waals surface area contributed by atoms with E-state index in [9.17, 15) is 4.39 Å². The summed E-state index contributed by atoms with van der Waals surface area (Å²) in [6.45, 7) is 5.62. The number of aryl methyl sites for hydroxylation is 2. The average molecular weight is 178 g/mol. The van der Waals surface area contributed by atoms with Crippen LogP contribution in [0.25, 0.3) is 0 Å². The molecule has 70 valence electrons. The van der Waals surface area contributed by atoms with Crippen molar-refractivity contribution in [2.24, 2.45) is 0 Å². The molecule has 0 aromatic heterocycles. The molecule has 13 heavy (non-hydrogen) atoms. The molecule has 0 radical (unpaired) electrons. The van der Waals surface area contributed by atoms with Crippen LogP contribution >= 0.6 is 0 Å². The highest BCUT2D eigenvalue weighted by Gasteiger charge is 2.00. The summed E-state index contributed by atoms with van der Waals surface area (Å²) in [6.07, 6.45) is 4.60. The first kappa shape index (κ1) is 9.97. The summed E-state index contributed by atoms with van der Waals surface area (Å²) >= 11 is 0. The molecular formula is C12H15F. The number of hydrogen-bond donors (Lipinski definition) is 0. The Morgan fingerprint density at radius 2 is 2.23 bits per heavy atom. The van der Waals surface area contributed by atoms with Gasteiger partial charge in [0, 0.05) is 0 Å². The van der Waals surface area contributed by atoms with Crippen molar-refractivity contribution in [2.45, 2.75) is 26.2 Å². The van der Waals surface area contributed by atoms with E-state index >= 15 is 0 Å². The van der Waals surface area contributed by atoms with Crippen LogP contribution in [0.2, 0.25) is 0 Å². The van der Waals surface area contributed by atoms with Gasteiger partial charge in [-0.3, -0.25) is 0 Å². The van der Waals surface area contributed by atoms with Crippen LogP contribution in [0.5, 0.6) is 0 Å². The summed E-state index contributed by atoms with van der Waals surface area (Å²) in [5.74, 6) is -0.0883. The molecule has 0 aliphatic rings. The van der Waals surface area contributed by atoms with Crippen molar-refractivity contribution in [3.05, 3.63) is 47.8 Å². The number of unbranched alkanes of at least 4 members (excludes halogenated alkanes) is 1. The minimum atomic E-state index is -0.0883. The molecule has 1 aromatic rings. The van der Waals surface area contributed by atoms with Crippen molar-refractivity contribution in [3.8, 4) is 0 Å². The van der Waals surface area contributed by atoms with Crippen LogP contribution in [0, 0.1) is 12.7 Å². The fraction of sp³-hybridized carbons (Fsp3) is 0.333. The van der Waals surface area contributed by atoms with Gasteiger partial charge >= 0.3 is 0 Å². The molecule has 0 aliphatic heterocycles. The van der Waals surface area contributed by atoms with Crippen molar-refractivity contribution in [3.63, 3.8) is 0 Å². The smallest absolute Gasteiger partial charge is 0.126 e. The van der Waals surface area contributed by atoms with Gasteiger partial charge in [0.25, 0.3) is 0 Å². The average Bonchev–Trinajstić information content (AvgIpc) is 2.11. The van der Waals surface area contributed by atoms with Crippen LogP contribution in [0.4, 0.5) is 4.39 Å². The van der Waals surface area contributed by atoms with E-state index in [1.165, 1.54) is 0 Å². The molecule has 0 spiro atoms. The third-order valence-corrected chi connectivity index (χ3v) is 2.06. The number of rotatable bonds is 4. The first-order valence-electron chi connectivity index (χ1n) is 4.60. The third kappa shape index (κ3) is 3.02. The van der Waals surface area contributed by atoms with Crippen LogP contribution in [0.1, 0.15) is 24.0 Å². The van der Waals surface area contributed by atoms with Gasteiger partial charge in [-0.05, 0) is 37.8 Å². The molecule has 0 nitrogen and oxygen atoms in total. The zero-order valence-electron chi connectivity index (χ0n) is 8.02. The highest BCUT2D eigenvalue weighted by atomic mass is 19.1. The second-order valence-corrected chi connectivity index (χ2v) is 3.28. The van der Waals surface area contributed by atoms with Gasteiger partial charge in [0.1, 0.15) is 5.82 Å². The first-order chi connectivity index (χ1) is 6.24. The predicted molar refractivity (Wildman–Crippen MR) is 54.3 cm³/mol.